The predicted molar refractivity (Wildman–Crippen MR) is 94.9 cm³/mol. The Morgan fingerprint density at radius 1 is 1.36 bits per heavy atom. The molecule has 1 aliphatic heterocycles. The van der Waals surface area contributed by atoms with Gasteiger partial charge < -0.3 is 14.2 Å². The first kappa shape index (κ1) is 17.3. The van der Waals surface area contributed by atoms with Gasteiger partial charge in [-0.2, -0.15) is 0 Å². The number of aromatic nitrogens is 1. The van der Waals surface area contributed by atoms with Gasteiger partial charge in [0, 0.05) is 30.5 Å². The number of fused-ring (bicyclic) bond motifs is 1. The molecule has 6 heteroatoms. The van der Waals surface area contributed by atoms with Crippen LogP contribution < -0.4 is 9.47 Å². The van der Waals surface area contributed by atoms with Crippen LogP contribution >= 0.6 is 11.6 Å². The number of carbonyl (C=O) groups excluding carboxylic acids is 1. The topological polar surface area (TPSA) is 57.7 Å². The van der Waals surface area contributed by atoms with Crippen LogP contribution in [0, 0.1) is 6.92 Å². The molecular formula is C19H18ClNO4. The number of benzene rings is 1. The molecule has 130 valence electrons. The van der Waals surface area contributed by atoms with Gasteiger partial charge in [0.1, 0.15) is 6.61 Å². The first-order valence-electron chi connectivity index (χ1n) is 7.97. The van der Waals surface area contributed by atoms with Gasteiger partial charge in [-0.25, -0.2) is 4.79 Å². The summed E-state index contributed by atoms with van der Waals surface area (Å²) in [4.78, 5) is 15.9. The second-order valence-electron chi connectivity index (χ2n) is 5.62. The molecule has 0 N–H and O–H groups in total. The first-order chi connectivity index (χ1) is 12.1. The van der Waals surface area contributed by atoms with E-state index in [1.165, 1.54) is 6.08 Å². The zero-order chi connectivity index (χ0) is 17.6. The lowest BCUT2D eigenvalue weighted by Crippen LogP contribution is -2.02. The number of hydrogen-bond acceptors (Lipinski definition) is 5. The zero-order valence-electron chi connectivity index (χ0n) is 13.8. The van der Waals surface area contributed by atoms with Crippen molar-refractivity contribution in [1.29, 1.82) is 0 Å². The van der Waals surface area contributed by atoms with E-state index in [0.29, 0.717) is 29.7 Å². The SMILES string of the molecule is Cc1ccncc1COC(=O)/C=C/c1cc(Cl)c2c(c1)OCCCO2. The van der Waals surface area contributed by atoms with Crippen LogP contribution in [0.15, 0.2) is 36.7 Å². The van der Waals surface area contributed by atoms with Gasteiger partial charge in [-0.3, -0.25) is 4.98 Å². The minimum atomic E-state index is -0.438. The molecule has 1 aromatic carbocycles. The Labute approximate surface area is 151 Å². The minimum Gasteiger partial charge on any atom is -0.489 e. The van der Waals surface area contributed by atoms with Gasteiger partial charge in [0.2, 0.25) is 0 Å². The Bertz CT molecular complexity index is 804. The summed E-state index contributed by atoms with van der Waals surface area (Å²) < 4.78 is 16.4. The molecule has 0 aliphatic carbocycles. The molecule has 0 spiro atoms. The highest BCUT2D eigenvalue weighted by atomic mass is 35.5. The lowest BCUT2D eigenvalue weighted by molar-refractivity contribution is -0.138. The van der Waals surface area contributed by atoms with Crippen LogP contribution in [0.25, 0.3) is 6.08 Å². The number of esters is 1. The maximum atomic E-state index is 11.9. The third-order valence-electron chi connectivity index (χ3n) is 3.75. The molecule has 25 heavy (non-hydrogen) atoms. The summed E-state index contributed by atoms with van der Waals surface area (Å²) in [5.41, 5.74) is 2.65. The number of aryl methyl sites for hydroxylation is 1. The molecule has 0 unspecified atom stereocenters. The Balaban J connectivity index is 1.65. The molecule has 0 bridgehead atoms. The van der Waals surface area contributed by atoms with Crippen molar-refractivity contribution < 1.29 is 19.0 Å². The van der Waals surface area contributed by atoms with Gasteiger partial charge in [0.05, 0.1) is 18.2 Å². The average Bonchev–Trinajstić information content (AvgIpc) is 2.85. The van der Waals surface area contributed by atoms with E-state index in [1.54, 1.807) is 30.6 Å². The maximum Gasteiger partial charge on any atom is 0.331 e. The van der Waals surface area contributed by atoms with E-state index < -0.39 is 5.97 Å². The molecule has 2 heterocycles. The molecule has 1 aromatic heterocycles. The average molecular weight is 360 g/mol. The summed E-state index contributed by atoms with van der Waals surface area (Å²) in [7, 11) is 0. The first-order valence-corrected chi connectivity index (χ1v) is 8.35. The van der Waals surface area contributed by atoms with Gasteiger partial charge in [0.25, 0.3) is 0 Å². The van der Waals surface area contributed by atoms with Crippen LogP contribution in [0.3, 0.4) is 0 Å². The summed E-state index contributed by atoms with van der Waals surface area (Å²) in [6.07, 6.45) is 7.20. The Morgan fingerprint density at radius 3 is 3.04 bits per heavy atom. The lowest BCUT2D eigenvalue weighted by atomic mass is 10.2. The van der Waals surface area contributed by atoms with Crippen molar-refractivity contribution in [3.8, 4) is 11.5 Å². The van der Waals surface area contributed by atoms with Crippen LogP contribution in [0.1, 0.15) is 23.1 Å². The Hall–Kier alpha value is -2.53. The fourth-order valence-electron chi connectivity index (χ4n) is 2.36. The molecule has 0 saturated carbocycles. The van der Waals surface area contributed by atoms with E-state index in [1.807, 2.05) is 13.0 Å². The van der Waals surface area contributed by atoms with Crippen LogP contribution in [0.4, 0.5) is 0 Å². The molecule has 5 nitrogen and oxygen atoms in total. The van der Waals surface area contributed by atoms with E-state index in [9.17, 15) is 4.79 Å². The van der Waals surface area contributed by atoms with E-state index in [0.717, 1.165) is 23.1 Å². The molecule has 2 aromatic rings. The predicted octanol–water partition coefficient (Wildman–Crippen LogP) is 3.96. The largest absolute Gasteiger partial charge is 0.489 e. The highest BCUT2D eigenvalue weighted by Gasteiger charge is 2.15. The van der Waals surface area contributed by atoms with Crippen molar-refractivity contribution in [2.75, 3.05) is 13.2 Å². The van der Waals surface area contributed by atoms with Crippen molar-refractivity contribution >= 4 is 23.6 Å². The van der Waals surface area contributed by atoms with E-state index in [2.05, 4.69) is 4.98 Å². The molecule has 3 rings (SSSR count). The van der Waals surface area contributed by atoms with Gasteiger partial charge >= 0.3 is 5.97 Å². The van der Waals surface area contributed by atoms with Crippen molar-refractivity contribution in [1.82, 2.24) is 4.98 Å². The Morgan fingerprint density at radius 2 is 2.20 bits per heavy atom. The normalized spacial score (nSPS) is 13.5. The van der Waals surface area contributed by atoms with Crippen LogP contribution in [0.5, 0.6) is 11.5 Å². The molecule has 0 saturated heterocycles. The van der Waals surface area contributed by atoms with Crippen molar-refractivity contribution in [3.05, 3.63) is 58.4 Å². The third-order valence-corrected chi connectivity index (χ3v) is 4.03. The summed E-state index contributed by atoms with van der Waals surface area (Å²) in [5.74, 6) is 0.696. The summed E-state index contributed by atoms with van der Waals surface area (Å²) >= 11 is 6.23. The lowest BCUT2D eigenvalue weighted by Gasteiger charge is -2.10. The smallest absolute Gasteiger partial charge is 0.331 e. The second kappa shape index (κ2) is 8.03. The van der Waals surface area contributed by atoms with Crippen LogP contribution in [-0.4, -0.2) is 24.2 Å². The van der Waals surface area contributed by atoms with Gasteiger partial charge in [0.15, 0.2) is 11.5 Å². The fraction of sp³-hybridized carbons (Fsp3) is 0.263. The quantitative estimate of drug-likeness (QED) is 0.611. The van der Waals surface area contributed by atoms with E-state index in [4.69, 9.17) is 25.8 Å². The van der Waals surface area contributed by atoms with Crippen molar-refractivity contribution in [2.45, 2.75) is 20.0 Å². The van der Waals surface area contributed by atoms with Crippen molar-refractivity contribution in [2.24, 2.45) is 0 Å². The van der Waals surface area contributed by atoms with Gasteiger partial charge in [-0.1, -0.05) is 11.6 Å². The number of ether oxygens (including phenoxy) is 3. The van der Waals surface area contributed by atoms with Gasteiger partial charge in [-0.15, -0.1) is 0 Å². The van der Waals surface area contributed by atoms with E-state index >= 15 is 0 Å². The number of rotatable bonds is 4. The van der Waals surface area contributed by atoms with Crippen LogP contribution in [-0.2, 0) is 16.1 Å². The van der Waals surface area contributed by atoms with Crippen LogP contribution in [0.2, 0.25) is 5.02 Å². The molecule has 0 amide bonds. The number of carbonyl (C=O) groups is 1. The Kier molecular flexibility index (Phi) is 5.56. The summed E-state index contributed by atoms with van der Waals surface area (Å²) in [6, 6.07) is 5.39. The zero-order valence-corrected chi connectivity index (χ0v) is 14.6. The van der Waals surface area contributed by atoms with Crippen molar-refractivity contribution in [3.63, 3.8) is 0 Å². The van der Waals surface area contributed by atoms with Gasteiger partial charge in [-0.05, 0) is 42.3 Å². The minimum absolute atomic E-state index is 0.185. The third kappa shape index (κ3) is 4.51. The van der Waals surface area contributed by atoms with E-state index in [-0.39, 0.29) is 6.61 Å². The summed E-state index contributed by atoms with van der Waals surface area (Å²) in [5, 5.41) is 0.457. The number of nitrogens with zero attached hydrogens (tertiary/aromatic N) is 1. The highest BCUT2D eigenvalue weighted by Crippen LogP contribution is 2.38. The molecule has 1 aliphatic rings. The fourth-order valence-corrected chi connectivity index (χ4v) is 2.63. The standard InChI is InChI=1S/C19H18ClNO4/c1-13-5-6-21-11-15(13)12-25-18(22)4-3-14-9-16(20)19-17(10-14)23-7-2-8-24-19/h3-6,9-11H,2,7-8,12H2,1H3/b4-3+. The molecule has 0 atom stereocenters. The summed E-state index contributed by atoms with van der Waals surface area (Å²) in [6.45, 7) is 3.27. The highest BCUT2D eigenvalue weighted by molar-refractivity contribution is 6.32. The number of hydrogen-bond donors (Lipinski definition) is 0. The monoisotopic (exact) mass is 359 g/mol. The maximum absolute atomic E-state index is 11.9. The number of halogens is 1. The number of pyridine rings is 1. The second-order valence-corrected chi connectivity index (χ2v) is 6.03. The molecule has 0 fully saturated rings. The molecular weight excluding hydrogens is 342 g/mol. The molecule has 0 radical (unpaired) electrons.